The zero-order valence-corrected chi connectivity index (χ0v) is 7.14. The summed E-state index contributed by atoms with van der Waals surface area (Å²) in [6.45, 7) is 0. The van der Waals surface area contributed by atoms with Crippen LogP contribution in [-0.2, 0) is 17.5 Å². The predicted octanol–water partition coefficient (Wildman–Crippen LogP) is 1.25. The lowest BCUT2D eigenvalue weighted by atomic mass is 10.2. The van der Waals surface area contributed by atoms with Crippen molar-refractivity contribution in [2.24, 2.45) is 0 Å². The molecule has 1 aromatic rings. The zero-order valence-electron chi connectivity index (χ0n) is 6.33. The van der Waals surface area contributed by atoms with Crippen molar-refractivity contribution < 1.29 is 13.2 Å². The van der Waals surface area contributed by atoms with Gasteiger partial charge in [0.25, 0.3) is 0 Å². The summed E-state index contributed by atoms with van der Waals surface area (Å²) in [7, 11) is 0. The van der Waals surface area contributed by atoms with Crippen LogP contribution in [0.1, 0.15) is 5.56 Å². The first kappa shape index (κ1) is 9.35. The van der Waals surface area contributed by atoms with Crippen LogP contribution in [-0.4, -0.2) is 14.5 Å². The van der Waals surface area contributed by atoms with Crippen LogP contribution in [0, 0.1) is 5.82 Å². The molecule has 0 amide bonds. The normalized spacial score (nSPS) is 12.8. The fraction of sp³-hybridized carbons (Fsp3) is 0.250. The van der Waals surface area contributed by atoms with Crippen LogP contribution in [0.4, 0.5) is 4.39 Å². The van der Waals surface area contributed by atoms with E-state index >= 15 is 0 Å². The first-order valence-corrected chi connectivity index (χ1v) is 4.73. The molecule has 0 spiro atoms. The Labute approximate surface area is 72.7 Å². The summed E-state index contributed by atoms with van der Waals surface area (Å²) in [6, 6.07) is 5.82. The summed E-state index contributed by atoms with van der Waals surface area (Å²) in [5.74, 6) is -0.215. The lowest BCUT2D eigenvalue weighted by Crippen LogP contribution is -1.99. The molecule has 0 aliphatic heterocycles. The molecular weight excluding hydrogens is 179 g/mol. The van der Waals surface area contributed by atoms with Crippen molar-refractivity contribution in [2.45, 2.75) is 6.42 Å². The van der Waals surface area contributed by atoms with Gasteiger partial charge in [-0.15, -0.1) is 0 Å². The van der Waals surface area contributed by atoms with Gasteiger partial charge in [0.05, 0.1) is 0 Å². The molecule has 1 unspecified atom stereocenters. The highest BCUT2D eigenvalue weighted by Gasteiger charge is 1.93. The van der Waals surface area contributed by atoms with Crippen molar-refractivity contribution in [1.29, 1.82) is 0 Å². The highest BCUT2D eigenvalue weighted by atomic mass is 32.2. The van der Waals surface area contributed by atoms with E-state index in [1.165, 1.54) is 12.1 Å². The highest BCUT2D eigenvalue weighted by Crippen LogP contribution is 2.03. The summed E-state index contributed by atoms with van der Waals surface area (Å²) in [5.41, 5.74) is 0.834. The van der Waals surface area contributed by atoms with Crippen LogP contribution in [0.5, 0.6) is 0 Å². The summed E-state index contributed by atoms with van der Waals surface area (Å²) < 4.78 is 32.7. The molecule has 0 fully saturated rings. The maximum atomic E-state index is 12.4. The summed E-state index contributed by atoms with van der Waals surface area (Å²) in [6.07, 6.45) is 0.441. The van der Waals surface area contributed by atoms with Gasteiger partial charge in [-0.3, -0.25) is 4.21 Å². The molecule has 1 rings (SSSR count). The third-order valence-corrected chi connectivity index (χ3v) is 2.01. The van der Waals surface area contributed by atoms with Gasteiger partial charge in [-0.1, -0.05) is 23.2 Å². The molecule has 0 saturated heterocycles. The van der Waals surface area contributed by atoms with Crippen molar-refractivity contribution >= 4 is 11.1 Å². The van der Waals surface area contributed by atoms with Gasteiger partial charge < -0.3 is 4.55 Å². The minimum absolute atomic E-state index is 0.0889. The van der Waals surface area contributed by atoms with Crippen LogP contribution in [0.2, 0.25) is 0 Å². The van der Waals surface area contributed by atoms with E-state index in [1.807, 2.05) is 0 Å². The van der Waals surface area contributed by atoms with Gasteiger partial charge in [0.1, 0.15) is 5.82 Å². The Kier molecular flexibility index (Phi) is 3.37. The number of benzene rings is 1. The molecule has 2 nitrogen and oxygen atoms in total. The van der Waals surface area contributed by atoms with Crippen LogP contribution in [0.3, 0.4) is 0 Å². The van der Waals surface area contributed by atoms with Crippen LogP contribution >= 0.6 is 0 Å². The second-order valence-electron chi connectivity index (χ2n) is 2.38. The average molecular weight is 187 g/mol. The molecule has 0 saturated carbocycles. The van der Waals surface area contributed by atoms with Gasteiger partial charge in [0.2, 0.25) is 0 Å². The summed E-state index contributed by atoms with van der Waals surface area (Å²) >= 11 is -2.02. The molecule has 0 N–H and O–H groups in total. The van der Waals surface area contributed by atoms with Gasteiger partial charge in [0, 0.05) is 5.75 Å². The van der Waals surface area contributed by atoms with Crippen LogP contribution in [0.15, 0.2) is 24.3 Å². The minimum Gasteiger partial charge on any atom is -0.772 e. The Morgan fingerprint density at radius 3 is 2.42 bits per heavy atom. The predicted molar refractivity (Wildman–Crippen MR) is 43.9 cm³/mol. The Morgan fingerprint density at radius 2 is 1.92 bits per heavy atom. The first-order chi connectivity index (χ1) is 5.68. The average Bonchev–Trinajstić information content (AvgIpc) is 2.03. The number of halogens is 1. The molecule has 1 aromatic carbocycles. The number of rotatable bonds is 3. The quantitative estimate of drug-likeness (QED) is 0.668. The van der Waals surface area contributed by atoms with E-state index in [-0.39, 0.29) is 11.6 Å². The minimum atomic E-state index is -2.02. The maximum absolute atomic E-state index is 12.4. The second-order valence-corrected chi connectivity index (χ2v) is 3.40. The number of hydrogen-bond acceptors (Lipinski definition) is 2. The zero-order chi connectivity index (χ0) is 8.97. The van der Waals surface area contributed by atoms with Gasteiger partial charge in [-0.25, -0.2) is 4.39 Å². The lowest BCUT2D eigenvalue weighted by Gasteiger charge is -2.03. The van der Waals surface area contributed by atoms with E-state index in [4.69, 9.17) is 0 Å². The van der Waals surface area contributed by atoms with Crippen LogP contribution < -0.4 is 0 Å². The summed E-state index contributed by atoms with van der Waals surface area (Å²) in [4.78, 5) is 0. The fourth-order valence-corrected chi connectivity index (χ4v) is 1.25. The van der Waals surface area contributed by atoms with Gasteiger partial charge in [0.15, 0.2) is 0 Å². The second kappa shape index (κ2) is 4.33. The van der Waals surface area contributed by atoms with E-state index < -0.39 is 11.1 Å². The molecule has 0 heterocycles. The molecule has 66 valence electrons. The van der Waals surface area contributed by atoms with Gasteiger partial charge in [-0.2, -0.15) is 0 Å². The van der Waals surface area contributed by atoms with E-state index in [1.54, 1.807) is 12.1 Å². The third kappa shape index (κ3) is 3.11. The Morgan fingerprint density at radius 1 is 1.33 bits per heavy atom. The molecule has 4 heteroatoms. The molecular formula is C8H8FO2S-. The third-order valence-electron chi connectivity index (χ3n) is 1.47. The number of hydrogen-bond donors (Lipinski definition) is 0. The molecule has 0 radical (unpaired) electrons. The highest BCUT2D eigenvalue weighted by molar-refractivity contribution is 7.79. The van der Waals surface area contributed by atoms with Gasteiger partial charge in [-0.05, 0) is 24.1 Å². The Bertz CT molecular complexity index is 271. The summed E-state index contributed by atoms with van der Waals surface area (Å²) in [5, 5.41) is 0. The van der Waals surface area contributed by atoms with E-state index in [0.29, 0.717) is 6.42 Å². The molecule has 0 aliphatic rings. The molecule has 0 aliphatic carbocycles. The largest absolute Gasteiger partial charge is 0.772 e. The van der Waals surface area contributed by atoms with Gasteiger partial charge >= 0.3 is 0 Å². The SMILES string of the molecule is O=S([O-])CCc1ccc(F)cc1. The standard InChI is InChI=1S/C8H9FO2S/c9-8-3-1-7(2-4-8)5-6-12(10)11/h1-4H,5-6H2,(H,10,11)/p-1. The molecule has 1 atom stereocenters. The van der Waals surface area contributed by atoms with Crippen molar-refractivity contribution in [3.8, 4) is 0 Å². The smallest absolute Gasteiger partial charge is 0.123 e. The molecule has 12 heavy (non-hydrogen) atoms. The maximum Gasteiger partial charge on any atom is 0.123 e. The van der Waals surface area contributed by atoms with Crippen LogP contribution in [0.25, 0.3) is 0 Å². The number of aryl methyl sites for hydroxylation is 1. The van der Waals surface area contributed by atoms with Crippen molar-refractivity contribution in [2.75, 3.05) is 5.75 Å². The first-order valence-electron chi connectivity index (χ1n) is 3.49. The Hall–Kier alpha value is -0.740. The van der Waals surface area contributed by atoms with Crippen molar-refractivity contribution in [3.63, 3.8) is 0 Å². The molecule has 0 bridgehead atoms. The monoisotopic (exact) mass is 187 g/mol. The Balaban J connectivity index is 2.53. The topological polar surface area (TPSA) is 40.1 Å². The van der Waals surface area contributed by atoms with E-state index in [2.05, 4.69) is 0 Å². The van der Waals surface area contributed by atoms with Crippen molar-refractivity contribution in [1.82, 2.24) is 0 Å². The van der Waals surface area contributed by atoms with E-state index in [0.717, 1.165) is 5.56 Å². The molecule has 0 aromatic heterocycles. The van der Waals surface area contributed by atoms with E-state index in [9.17, 15) is 13.2 Å². The van der Waals surface area contributed by atoms with Crippen molar-refractivity contribution in [3.05, 3.63) is 35.6 Å². The lowest BCUT2D eigenvalue weighted by molar-refractivity contribution is 0.536. The fourth-order valence-electron chi connectivity index (χ4n) is 0.852.